The molecular weight excluding hydrogens is 1550 g/mol. The molecule has 0 aliphatic carbocycles. The first-order valence-electron chi connectivity index (χ1n) is 34.8. The lowest BCUT2D eigenvalue weighted by Gasteiger charge is -2.26. The fourth-order valence-corrected chi connectivity index (χ4v) is 14.8. The average molecular weight is 1640 g/mol. The molecule has 0 aliphatic heterocycles. The highest BCUT2D eigenvalue weighted by Gasteiger charge is 2.34. The maximum absolute atomic E-state index is 14.1. The molecule has 0 aliphatic rings. The van der Waals surface area contributed by atoms with Crippen LogP contribution in [0.5, 0.6) is 0 Å². The Morgan fingerprint density at radius 1 is 0.527 bits per heavy atom. The Morgan fingerprint density at radius 3 is 1.64 bits per heavy atom. The van der Waals surface area contributed by atoms with Gasteiger partial charge in [0.15, 0.2) is 45.5 Å². The first kappa shape index (κ1) is 90.6. The van der Waals surface area contributed by atoms with Crippen LogP contribution >= 0.6 is 43.2 Å². The molecule has 4 aromatic heterocycles. The Bertz CT molecular complexity index is 4280. The molecule has 0 spiro atoms. The molecule has 3 amide bonds. The summed E-state index contributed by atoms with van der Waals surface area (Å²) >= 11 is 0. The molecule has 0 unspecified atom stereocenters. The van der Waals surface area contributed by atoms with Crippen molar-refractivity contribution in [1.29, 1.82) is 0 Å². The number of carboxylic acids is 4. The summed E-state index contributed by atoms with van der Waals surface area (Å²) in [5.41, 5.74) is 27.1. The molecule has 0 saturated heterocycles. The molecule has 112 heavy (non-hydrogen) atoms. The molecule has 0 bridgehead atoms. The van der Waals surface area contributed by atoms with Gasteiger partial charge in [-0.1, -0.05) is 74.4 Å². The van der Waals surface area contributed by atoms with Crippen LogP contribution in [0, 0.1) is 23.7 Å². The van der Waals surface area contributed by atoms with Gasteiger partial charge in [0, 0.05) is 103 Å². The van der Waals surface area contributed by atoms with Crippen molar-refractivity contribution in [3.63, 3.8) is 0 Å². The Labute approximate surface area is 654 Å². The van der Waals surface area contributed by atoms with Crippen molar-refractivity contribution < 1.29 is 113 Å². The second-order valence-corrected chi connectivity index (χ2v) is 30.8. The number of ether oxygens (including phenoxy) is 2. The number of amides is 3. The molecule has 43 heteroatoms. The number of nitrogen functional groups attached to an aromatic ring is 4. The molecule has 606 valence electrons. The highest BCUT2D eigenvalue weighted by atomic mass is 33.1. The lowest BCUT2D eigenvalue weighted by atomic mass is 9.90. The zero-order chi connectivity index (χ0) is 82.1. The standard InChI is InChI=1S/C69H88N16O23S4/c1-34(32-111-109-22-20-108-54(96)19-15-45(67(105)106)81-63(99)37-7-12-41(13-8-37)74-28-43-29-77-62-56(79-43)60(71)83-69(73)85-62)46(87)24-38(9-17-52(93)94)64(100)80-44(14-16-51(92)75-30-49(90)57(97)58(98)50(91)31-86)48(89)26-40(66(103)104)33-112-110-23-21-107-53(95)18-10-39(65(101)102)25-47(88)36-5-2-35(3-6-36)4-11-42-27-76-61-55(78-42)59(70)82-68(72)84-61/h2-3,5-8,12-13,27,29,34,38-40,44-45,49-50,57-58,74,86,90-91,97-98H,4,9-11,14-26,28,30-33H2,1H3,(H,75,92)(H,80,100)(H,81,99)(H,93,94)(H,101,102)(H,103,104)(H,105,106)(H4,70,72,76,82,84)(H4,71,73,77,83,85)/t34-,38+,39+,40-,44-,45-,49-,50+,57+,58+/m0/s1. The fourth-order valence-electron chi connectivity index (χ4n) is 10.5. The number of rotatable bonds is 52. The van der Waals surface area contributed by atoms with Gasteiger partial charge in [-0.2, -0.15) is 19.9 Å². The zero-order valence-corrected chi connectivity index (χ0v) is 63.6. The summed E-state index contributed by atoms with van der Waals surface area (Å²) < 4.78 is 10.5. The van der Waals surface area contributed by atoms with E-state index in [-0.39, 0.29) is 120 Å². The molecule has 0 fully saturated rings. The number of aliphatic carboxylic acids is 4. The Balaban J connectivity index is 0.933. The number of nitrogens with zero attached hydrogens (tertiary/aromatic N) is 8. The van der Waals surface area contributed by atoms with Gasteiger partial charge in [-0.25, -0.2) is 24.7 Å². The third kappa shape index (κ3) is 30.4. The minimum atomic E-state index is -2.05. The van der Waals surface area contributed by atoms with Gasteiger partial charge in [0.25, 0.3) is 5.91 Å². The van der Waals surface area contributed by atoms with Crippen molar-refractivity contribution in [2.75, 3.05) is 77.6 Å². The summed E-state index contributed by atoms with van der Waals surface area (Å²) in [6.07, 6.45) is -8.93. The number of nitrogens with one attached hydrogen (secondary N) is 4. The number of aryl methyl sites for hydroxylation is 2. The van der Waals surface area contributed by atoms with Gasteiger partial charge in [-0.05, 0) is 68.4 Å². The van der Waals surface area contributed by atoms with Crippen LogP contribution in [0.25, 0.3) is 22.3 Å². The van der Waals surface area contributed by atoms with Gasteiger partial charge in [0.2, 0.25) is 23.7 Å². The number of aliphatic hydroxyl groups excluding tert-OH is 5. The van der Waals surface area contributed by atoms with E-state index in [0.717, 1.165) is 27.2 Å². The molecule has 6 aromatic rings. The topological polar surface area (TPSA) is 661 Å². The van der Waals surface area contributed by atoms with Gasteiger partial charge in [-0.15, -0.1) is 0 Å². The molecule has 0 saturated carbocycles. The van der Waals surface area contributed by atoms with E-state index in [1.807, 2.05) is 0 Å². The van der Waals surface area contributed by atoms with Crippen molar-refractivity contribution in [3.05, 3.63) is 89.0 Å². The first-order chi connectivity index (χ1) is 53.3. The van der Waals surface area contributed by atoms with Gasteiger partial charge < -0.3 is 99.6 Å². The first-order valence-corrected chi connectivity index (χ1v) is 39.8. The number of fused-ring (bicyclic) bond motifs is 2. The van der Waals surface area contributed by atoms with E-state index in [4.69, 9.17) is 37.5 Å². The number of carboxylic acid groups (broad SMARTS) is 4. The number of nitrogens with two attached hydrogens (primary N) is 4. The van der Waals surface area contributed by atoms with Crippen molar-refractivity contribution in [3.8, 4) is 0 Å². The number of esters is 2. The van der Waals surface area contributed by atoms with Gasteiger partial charge in [-0.3, -0.25) is 52.7 Å². The Hall–Kier alpha value is -10.3. The van der Waals surface area contributed by atoms with Gasteiger partial charge in [0.05, 0.1) is 60.9 Å². The third-order valence-corrected chi connectivity index (χ3v) is 22.0. The molecule has 0 radical (unpaired) electrons. The van der Waals surface area contributed by atoms with Crippen LogP contribution in [0.1, 0.15) is 115 Å². The Kier molecular flexibility index (Phi) is 37.1. The predicted octanol–water partition coefficient (Wildman–Crippen LogP) is 0.999. The largest absolute Gasteiger partial charge is 0.481 e. The third-order valence-electron chi connectivity index (χ3n) is 17.0. The summed E-state index contributed by atoms with van der Waals surface area (Å²) in [5.74, 6) is -16.0. The zero-order valence-electron chi connectivity index (χ0n) is 60.4. The lowest BCUT2D eigenvalue weighted by Crippen LogP contribution is -2.50. The number of aromatic nitrogens is 8. The molecular formula is C69H88N16O23S4. The van der Waals surface area contributed by atoms with Crippen LogP contribution in [0.4, 0.5) is 29.2 Å². The molecule has 21 N–H and O–H groups in total. The molecule has 39 nitrogen and oxygen atoms in total. The molecule has 4 heterocycles. The highest BCUT2D eigenvalue weighted by molar-refractivity contribution is 8.77. The predicted molar refractivity (Wildman–Crippen MR) is 410 cm³/mol. The van der Waals surface area contributed by atoms with E-state index >= 15 is 0 Å². The van der Waals surface area contributed by atoms with Crippen LogP contribution in [-0.2, 0) is 76.8 Å². The van der Waals surface area contributed by atoms with Crippen molar-refractivity contribution in [2.24, 2.45) is 23.7 Å². The second-order valence-electron chi connectivity index (χ2n) is 25.5. The van der Waals surface area contributed by atoms with E-state index < -0.39 is 189 Å². The SMILES string of the molecule is C[C@@H](CSSCCOC(=O)CC[C@H](NC(=O)c1ccc(NCc2cnc3nc(N)nc(N)c3n2)cc1)C(=O)O)C(=O)C[C@@H](CCC(=O)O)C(=O)N[C@@H](CCC(=O)NC[C@H](O)[C@@H](O)[C@H](O)[C@H](O)CO)C(=O)C[C@@H](CSSCCOC(=O)CC[C@H](CC(=O)c1ccc(CCc2cnc3nc(N)nc(N)c3n2)cc1)C(=O)O)C(=O)O. The van der Waals surface area contributed by atoms with Crippen LogP contribution in [-0.4, -0.2) is 243 Å². The van der Waals surface area contributed by atoms with Crippen LogP contribution in [0.15, 0.2) is 60.9 Å². The minimum absolute atomic E-state index is 0.0343. The maximum atomic E-state index is 14.1. The number of anilines is 5. The number of carbonyl (C=O) groups is 12. The van der Waals surface area contributed by atoms with Crippen LogP contribution in [0.3, 0.4) is 0 Å². The minimum Gasteiger partial charge on any atom is -0.481 e. The van der Waals surface area contributed by atoms with Crippen molar-refractivity contribution in [2.45, 2.75) is 133 Å². The highest BCUT2D eigenvalue weighted by Crippen LogP contribution is 2.29. The number of aliphatic hydroxyl groups is 5. The van der Waals surface area contributed by atoms with Crippen LogP contribution in [0.2, 0.25) is 0 Å². The summed E-state index contributed by atoms with van der Waals surface area (Å²) in [6, 6.07) is 9.57. The van der Waals surface area contributed by atoms with E-state index in [9.17, 15) is 98.4 Å². The fraction of sp³-hybridized carbons (Fsp3) is 0.478. The van der Waals surface area contributed by atoms with E-state index in [1.165, 1.54) is 39.9 Å². The monoisotopic (exact) mass is 1640 g/mol. The number of hydrogen-bond donors (Lipinski definition) is 17. The van der Waals surface area contributed by atoms with Crippen molar-refractivity contribution in [1.82, 2.24) is 55.8 Å². The smallest absolute Gasteiger partial charge is 0.326 e. The quantitative estimate of drug-likeness (QED) is 0.0110. The number of carbonyl (C=O) groups excluding carboxylic acids is 8. The van der Waals surface area contributed by atoms with Crippen LogP contribution < -0.4 is 44.2 Å². The van der Waals surface area contributed by atoms with E-state index in [0.29, 0.717) is 35.4 Å². The Morgan fingerprint density at radius 2 is 1.06 bits per heavy atom. The number of hydrogen-bond acceptors (Lipinski definition) is 36. The summed E-state index contributed by atoms with van der Waals surface area (Å²) in [5, 5.41) is 99.3. The van der Waals surface area contributed by atoms with Gasteiger partial charge >= 0.3 is 35.8 Å². The molecule has 10 atom stereocenters. The normalized spacial score (nSPS) is 14.0. The van der Waals surface area contributed by atoms with E-state index in [1.54, 1.807) is 49.5 Å². The molecule has 6 rings (SSSR count). The van der Waals surface area contributed by atoms with Gasteiger partial charge in [0.1, 0.15) is 43.4 Å². The number of benzene rings is 2. The summed E-state index contributed by atoms with van der Waals surface area (Å²) in [6.45, 7) is -0.285. The van der Waals surface area contributed by atoms with E-state index in [2.05, 4.69) is 61.1 Å². The average Bonchev–Trinajstić information content (AvgIpc) is 0.819. The summed E-state index contributed by atoms with van der Waals surface area (Å²) in [4.78, 5) is 188. The summed E-state index contributed by atoms with van der Waals surface area (Å²) in [7, 11) is 4.44. The van der Waals surface area contributed by atoms with Crippen molar-refractivity contribution >= 4 is 166 Å². The number of ketones is 3. The molecule has 2 aromatic carbocycles. The maximum Gasteiger partial charge on any atom is 0.326 e. The lowest BCUT2D eigenvalue weighted by molar-refractivity contribution is -0.146. The second kappa shape index (κ2) is 45.9. The number of Topliss-reactive ketones (excluding diaryl/α,β-unsaturated/α-hetero) is 3.